The zero-order valence-corrected chi connectivity index (χ0v) is 14.7. The highest BCUT2D eigenvalue weighted by Gasteiger charge is 2.44. The third-order valence-corrected chi connectivity index (χ3v) is 4.95. The van der Waals surface area contributed by atoms with E-state index in [1.807, 2.05) is 19.0 Å². The number of aromatic amines is 1. The lowest BCUT2D eigenvalue weighted by atomic mass is 10.0. The molecular formula is C13H19N7O4S. The SMILES string of the molecule is CN(C)c1nsc(N2CCC3(C2)Cn2c(n[nH]c2=O)CO3)n1.O=CO. The molecule has 0 bridgehead atoms. The summed E-state index contributed by atoms with van der Waals surface area (Å²) in [4.78, 5) is 28.8. The molecule has 25 heavy (non-hydrogen) atoms. The topological polar surface area (TPSA) is 129 Å². The highest BCUT2D eigenvalue weighted by atomic mass is 32.1. The summed E-state index contributed by atoms with van der Waals surface area (Å²) >= 11 is 1.39. The second-order valence-corrected chi connectivity index (χ2v) is 6.78. The molecular weight excluding hydrogens is 350 g/mol. The summed E-state index contributed by atoms with van der Waals surface area (Å²) in [7, 11) is 3.85. The van der Waals surface area contributed by atoms with Crippen molar-refractivity contribution >= 4 is 29.1 Å². The van der Waals surface area contributed by atoms with E-state index in [2.05, 4.69) is 24.5 Å². The maximum absolute atomic E-state index is 11.8. The van der Waals surface area contributed by atoms with E-state index in [1.165, 1.54) is 11.5 Å². The first-order valence-electron chi connectivity index (χ1n) is 7.60. The van der Waals surface area contributed by atoms with E-state index in [1.54, 1.807) is 4.57 Å². The monoisotopic (exact) mass is 369 g/mol. The number of nitrogens with zero attached hydrogens (tertiary/aromatic N) is 6. The van der Waals surface area contributed by atoms with Crippen LogP contribution in [0, 0.1) is 0 Å². The van der Waals surface area contributed by atoms with E-state index >= 15 is 0 Å². The minimum absolute atomic E-state index is 0.165. The number of anilines is 2. The van der Waals surface area contributed by atoms with Crippen molar-refractivity contribution in [1.29, 1.82) is 0 Å². The molecule has 1 unspecified atom stereocenters. The van der Waals surface area contributed by atoms with Gasteiger partial charge in [0.15, 0.2) is 5.82 Å². The third kappa shape index (κ3) is 3.35. The molecule has 0 amide bonds. The van der Waals surface area contributed by atoms with Gasteiger partial charge in [0.2, 0.25) is 11.1 Å². The molecule has 2 aliphatic heterocycles. The normalized spacial score (nSPS) is 21.6. The van der Waals surface area contributed by atoms with E-state index in [4.69, 9.17) is 14.6 Å². The molecule has 12 heteroatoms. The number of ether oxygens (including phenoxy) is 1. The summed E-state index contributed by atoms with van der Waals surface area (Å²) < 4.78 is 12.1. The van der Waals surface area contributed by atoms with Gasteiger partial charge in [0.05, 0.1) is 13.1 Å². The second kappa shape index (κ2) is 6.80. The zero-order chi connectivity index (χ0) is 18.0. The molecule has 2 aliphatic rings. The molecule has 4 rings (SSSR count). The Balaban J connectivity index is 0.000000569. The maximum Gasteiger partial charge on any atom is 0.343 e. The highest BCUT2D eigenvalue weighted by Crippen LogP contribution is 2.34. The molecule has 1 fully saturated rings. The van der Waals surface area contributed by atoms with Gasteiger partial charge in [0, 0.05) is 32.2 Å². The Morgan fingerprint density at radius 3 is 2.88 bits per heavy atom. The van der Waals surface area contributed by atoms with Crippen molar-refractivity contribution in [3.8, 4) is 0 Å². The molecule has 136 valence electrons. The number of H-pyrrole nitrogens is 1. The van der Waals surface area contributed by atoms with Crippen molar-refractivity contribution < 1.29 is 14.6 Å². The van der Waals surface area contributed by atoms with Gasteiger partial charge in [0.1, 0.15) is 12.2 Å². The Morgan fingerprint density at radius 1 is 1.44 bits per heavy atom. The van der Waals surface area contributed by atoms with Crippen molar-refractivity contribution in [3.63, 3.8) is 0 Å². The number of hydrogen-bond donors (Lipinski definition) is 2. The van der Waals surface area contributed by atoms with Gasteiger partial charge in [-0.05, 0) is 6.42 Å². The summed E-state index contributed by atoms with van der Waals surface area (Å²) in [5.41, 5.74) is -0.507. The molecule has 0 aliphatic carbocycles. The van der Waals surface area contributed by atoms with E-state index in [-0.39, 0.29) is 17.8 Å². The molecule has 0 radical (unpaired) electrons. The average Bonchev–Trinajstić information content (AvgIpc) is 3.28. The van der Waals surface area contributed by atoms with Crippen LogP contribution in [0.5, 0.6) is 0 Å². The van der Waals surface area contributed by atoms with Crippen LogP contribution >= 0.6 is 11.5 Å². The minimum Gasteiger partial charge on any atom is -0.483 e. The molecule has 0 aromatic carbocycles. The predicted molar refractivity (Wildman–Crippen MR) is 90.1 cm³/mol. The third-order valence-electron chi connectivity index (χ3n) is 4.18. The Bertz CT molecular complexity index is 800. The molecule has 1 atom stereocenters. The van der Waals surface area contributed by atoms with Crippen molar-refractivity contribution in [1.82, 2.24) is 24.1 Å². The van der Waals surface area contributed by atoms with Crippen LogP contribution in [0.2, 0.25) is 0 Å². The van der Waals surface area contributed by atoms with Crippen LogP contribution in [-0.2, 0) is 22.7 Å². The summed E-state index contributed by atoms with van der Waals surface area (Å²) in [6.45, 7) is 2.22. The largest absolute Gasteiger partial charge is 0.483 e. The summed E-state index contributed by atoms with van der Waals surface area (Å²) in [5.74, 6) is 1.39. The number of carboxylic acid groups (broad SMARTS) is 1. The van der Waals surface area contributed by atoms with E-state index in [9.17, 15) is 4.79 Å². The first kappa shape index (κ1) is 17.4. The first-order chi connectivity index (χ1) is 12.0. The number of nitrogens with one attached hydrogen (secondary N) is 1. The van der Waals surface area contributed by atoms with Crippen molar-refractivity contribution in [3.05, 3.63) is 16.3 Å². The lowest BCUT2D eigenvalue weighted by Gasteiger charge is -2.33. The fraction of sp³-hybridized carbons (Fsp3) is 0.615. The van der Waals surface area contributed by atoms with Crippen LogP contribution in [0.4, 0.5) is 11.1 Å². The number of hydrogen-bond acceptors (Lipinski definition) is 9. The molecule has 0 saturated carbocycles. The Labute approximate surface area is 147 Å². The van der Waals surface area contributed by atoms with E-state index < -0.39 is 0 Å². The van der Waals surface area contributed by atoms with Gasteiger partial charge in [0.25, 0.3) is 6.47 Å². The fourth-order valence-electron chi connectivity index (χ4n) is 2.95. The smallest absolute Gasteiger partial charge is 0.343 e. The van der Waals surface area contributed by atoms with Gasteiger partial charge in [-0.15, -0.1) is 0 Å². The molecule has 2 aromatic heterocycles. The maximum atomic E-state index is 11.8. The predicted octanol–water partition coefficient (Wildman–Crippen LogP) is -0.631. The summed E-state index contributed by atoms with van der Waals surface area (Å²) in [6, 6.07) is 0. The lowest BCUT2D eigenvalue weighted by Crippen LogP contribution is -2.46. The van der Waals surface area contributed by atoms with Gasteiger partial charge in [-0.25, -0.2) is 9.89 Å². The second-order valence-electron chi connectivity index (χ2n) is 6.05. The van der Waals surface area contributed by atoms with Crippen molar-refractivity contribution in [2.75, 3.05) is 37.0 Å². The molecule has 4 heterocycles. The minimum atomic E-state index is -0.343. The number of fused-ring (bicyclic) bond motifs is 1. The Kier molecular flexibility index (Phi) is 4.72. The van der Waals surface area contributed by atoms with Crippen LogP contribution in [0.1, 0.15) is 12.2 Å². The Morgan fingerprint density at radius 2 is 2.20 bits per heavy atom. The highest BCUT2D eigenvalue weighted by molar-refractivity contribution is 7.09. The number of carbonyl (C=O) groups is 1. The van der Waals surface area contributed by atoms with Crippen LogP contribution in [0.15, 0.2) is 4.79 Å². The quantitative estimate of drug-likeness (QED) is 0.664. The van der Waals surface area contributed by atoms with E-state index in [0.29, 0.717) is 25.5 Å². The molecule has 11 nitrogen and oxygen atoms in total. The number of rotatable bonds is 2. The van der Waals surface area contributed by atoms with Gasteiger partial charge >= 0.3 is 5.69 Å². The molecule has 2 N–H and O–H groups in total. The average molecular weight is 369 g/mol. The summed E-state index contributed by atoms with van der Waals surface area (Å²) in [6.07, 6.45) is 0.862. The van der Waals surface area contributed by atoms with Gasteiger partial charge < -0.3 is 19.6 Å². The van der Waals surface area contributed by atoms with Crippen LogP contribution in [0.3, 0.4) is 0 Å². The number of aromatic nitrogens is 5. The standard InChI is InChI=1S/C12H17N7O2S.CH2O2/c1-17(2)9-13-11(22-16-9)18-4-3-12(6-18)7-19-8(5-21-12)14-15-10(19)20;2-1-3/h3-7H2,1-2H3,(H,15,20);1H,(H,2,3). The zero-order valence-electron chi connectivity index (χ0n) is 13.9. The lowest BCUT2D eigenvalue weighted by molar-refractivity contribution is -0.122. The van der Waals surface area contributed by atoms with Crippen LogP contribution in [-0.4, -0.2) is 68.5 Å². The van der Waals surface area contributed by atoms with Crippen LogP contribution < -0.4 is 15.5 Å². The van der Waals surface area contributed by atoms with Gasteiger partial charge in [-0.1, -0.05) is 0 Å². The molecule has 1 saturated heterocycles. The van der Waals surface area contributed by atoms with E-state index in [0.717, 1.165) is 24.0 Å². The van der Waals surface area contributed by atoms with Gasteiger partial charge in [-0.3, -0.25) is 9.36 Å². The van der Waals surface area contributed by atoms with Crippen LogP contribution in [0.25, 0.3) is 0 Å². The fourth-order valence-corrected chi connectivity index (χ4v) is 3.71. The van der Waals surface area contributed by atoms with Gasteiger partial charge in [-0.2, -0.15) is 14.5 Å². The molecule has 2 aromatic rings. The Hall–Kier alpha value is -2.47. The summed E-state index contributed by atoms with van der Waals surface area (Å²) in [5, 5.41) is 14.2. The van der Waals surface area contributed by atoms with Crippen molar-refractivity contribution in [2.45, 2.75) is 25.2 Å². The molecule has 1 spiro atoms. The first-order valence-corrected chi connectivity index (χ1v) is 8.37. The van der Waals surface area contributed by atoms with Crippen molar-refractivity contribution in [2.24, 2.45) is 0 Å².